The van der Waals surface area contributed by atoms with Gasteiger partial charge in [0.1, 0.15) is 11.9 Å². The van der Waals surface area contributed by atoms with Gasteiger partial charge in [-0.2, -0.15) is 0 Å². The lowest BCUT2D eigenvalue weighted by Crippen LogP contribution is -2.39. The molecular weight excluding hydrogens is 450 g/mol. The molecule has 1 aliphatic heterocycles. The second-order valence-corrected chi connectivity index (χ2v) is 9.09. The highest BCUT2D eigenvalue weighted by molar-refractivity contribution is 5.99. The van der Waals surface area contributed by atoms with Gasteiger partial charge in [0, 0.05) is 30.9 Å². The molecule has 0 atom stereocenters. The number of nitrogens with one attached hydrogen (secondary N) is 2. The number of fused-ring (bicyclic) bond motifs is 1. The largest absolute Gasteiger partial charge is 0.497 e. The molecule has 0 radical (unpaired) electrons. The van der Waals surface area contributed by atoms with Crippen LogP contribution in [0.1, 0.15) is 43.2 Å². The summed E-state index contributed by atoms with van der Waals surface area (Å²) in [5, 5.41) is 14.6. The second-order valence-electron chi connectivity index (χ2n) is 9.09. The van der Waals surface area contributed by atoms with Gasteiger partial charge in [-0.1, -0.05) is 6.07 Å². The van der Waals surface area contributed by atoms with Gasteiger partial charge in [-0.15, -0.1) is 0 Å². The van der Waals surface area contributed by atoms with Crippen molar-refractivity contribution in [2.45, 2.75) is 51.2 Å². The van der Waals surface area contributed by atoms with Crippen molar-refractivity contribution in [3.05, 3.63) is 53.6 Å². The molecule has 0 spiro atoms. The van der Waals surface area contributed by atoms with Crippen LogP contribution < -0.4 is 15.4 Å². The van der Waals surface area contributed by atoms with E-state index in [1.807, 2.05) is 18.2 Å². The van der Waals surface area contributed by atoms with Crippen molar-refractivity contribution in [3.63, 3.8) is 0 Å². The van der Waals surface area contributed by atoms with Crippen LogP contribution in [-0.4, -0.2) is 47.9 Å². The van der Waals surface area contributed by atoms with E-state index in [1.54, 1.807) is 36.3 Å². The molecule has 0 aromatic heterocycles. The summed E-state index contributed by atoms with van der Waals surface area (Å²) in [5.41, 5.74) is 3.46. The van der Waals surface area contributed by atoms with Crippen LogP contribution >= 0.6 is 0 Å². The summed E-state index contributed by atoms with van der Waals surface area (Å²) in [7, 11) is 1.59. The van der Waals surface area contributed by atoms with E-state index < -0.39 is 5.97 Å². The fourth-order valence-corrected chi connectivity index (χ4v) is 4.67. The topological polar surface area (TPSA) is 117 Å². The molecule has 3 amide bonds. The zero-order valence-corrected chi connectivity index (χ0v) is 19.8. The summed E-state index contributed by atoms with van der Waals surface area (Å²) in [5.74, 6) is 0.116. The highest BCUT2D eigenvalue weighted by Crippen LogP contribution is 2.30. The molecule has 1 saturated carbocycles. The minimum atomic E-state index is -0.770. The average Bonchev–Trinajstić information content (AvgIpc) is 2.85. The number of rotatable bonds is 6. The number of aliphatic carboxylic acids is 1. The minimum absolute atomic E-state index is 0.148. The van der Waals surface area contributed by atoms with Crippen molar-refractivity contribution in [3.8, 4) is 5.75 Å². The normalized spacial score (nSPS) is 19.3. The standard InChI is InChI=1S/C26H31N3O6/c1-34-22-10-6-20(7-11-22)27-25(32)28-21-5-4-19-16-29(13-12-18(19)15-21)26(33)35-23-8-2-17(3-9-23)14-24(30)31/h4-7,10-11,15,17,23H,2-3,8-9,12-14,16H2,1H3,(H,30,31)(H2,27,28,32). The van der Waals surface area contributed by atoms with Crippen molar-refractivity contribution in [1.82, 2.24) is 4.90 Å². The van der Waals surface area contributed by atoms with Crippen molar-refractivity contribution >= 4 is 29.5 Å². The Kier molecular flexibility index (Phi) is 7.74. The molecular formula is C26H31N3O6. The van der Waals surface area contributed by atoms with Crippen LogP contribution in [0.15, 0.2) is 42.5 Å². The summed E-state index contributed by atoms with van der Waals surface area (Å²) in [6.07, 6.45) is 3.35. The maximum Gasteiger partial charge on any atom is 0.410 e. The summed E-state index contributed by atoms with van der Waals surface area (Å²) in [6, 6.07) is 12.4. The quantitative estimate of drug-likeness (QED) is 0.542. The molecule has 186 valence electrons. The van der Waals surface area contributed by atoms with E-state index in [9.17, 15) is 14.4 Å². The SMILES string of the molecule is COc1ccc(NC(=O)Nc2ccc3c(c2)CCN(C(=O)OC2CCC(CC(=O)O)CC2)C3)cc1. The number of benzene rings is 2. The van der Waals surface area contributed by atoms with Gasteiger partial charge in [-0.05, 0) is 85.5 Å². The van der Waals surface area contributed by atoms with Gasteiger partial charge < -0.3 is 30.1 Å². The van der Waals surface area contributed by atoms with Gasteiger partial charge in [-0.25, -0.2) is 9.59 Å². The number of nitrogens with zero attached hydrogens (tertiary/aromatic N) is 1. The van der Waals surface area contributed by atoms with Gasteiger partial charge in [0.25, 0.3) is 0 Å². The minimum Gasteiger partial charge on any atom is -0.497 e. The van der Waals surface area contributed by atoms with Gasteiger partial charge in [0.05, 0.1) is 7.11 Å². The number of carboxylic acids is 1. The number of ether oxygens (including phenoxy) is 2. The number of anilines is 2. The molecule has 0 bridgehead atoms. The molecule has 1 heterocycles. The van der Waals surface area contributed by atoms with Gasteiger partial charge in [0.2, 0.25) is 0 Å². The lowest BCUT2D eigenvalue weighted by Gasteiger charge is -2.32. The molecule has 9 heteroatoms. The molecule has 1 aliphatic carbocycles. The first-order valence-corrected chi connectivity index (χ1v) is 11.9. The van der Waals surface area contributed by atoms with E-state index in [0.29, 0.717) is 49.5 Å². The van der Waals surface area contributed by atoms with Crippen LogP contribution in [0.2, 0.25) is 0 Å². The number of carboxylic acid groups (broad SMARTS) is 1. The third-order valence-corrected chi connectivity index (χ3v) is 6.61. The fraction of sp³-hybridized carbons (Fsp3) is 0.423. The van der Waals surface area contributed by atoms with Crippen molar-refractivity contribution < 1.29 is 29.0 Å². The molecule has 2 aliphatic rings. The first-order chi connectivity index (χ1) is 16.9. The maximum absolute atomic E-state index is 12.7. The molecule has 2 aromatic rings. The Hall–Kier alpha value is -3.75. The van der Waals surface area contributed by atoms with E-state index in [1.165, 1.54) is 0 Å². The van der Waals surface area contributed by atoms with E-state index in [-0.39, 0.29) is 30.6 Å². The molecule has 35 heavy (non-hydrogen) atoms. The van der Waals surface area contributed by atoms with Crippen LogP contribution in [0.4, 0.5) is 21.0 Å². The zero-order valence-electron chi connectivity index (χ0n) is 19.8. The van der Waals surface area contributed by atoms with Gasteiger partial charge >= 0.3 is 18.1 Å². The van der Waals surface area contributed by atoms with Crippen molar-refractivity contribution in [2.24, 2.45) is 5.92 Å². The third kappa shape index (κ3) is 6.65. The Balaban J connectivity index is 1.26. The molecule has 4 rings (SSSR count). The fourth-order valence-electron chi connectivity index (χ4n) is 4.67. The zero-order chi connectivity index (χ0) is 24.8. The average molecular weight is 482 g/mol. The number of carbonyl (C=O) groups is 3. The number of carbonyl (C=O) groups excluding carboxylic acids is 2. The molecule has 2 aromatic carbocycles. The summed E-state index contributed by atoms with van der Waals surface area (Å²) in [4.78, 5) is 37.6. The smallest absolute Gasteiger partial charge is 0.410 e. The van der Waals surface area contributed by atoms with Crippen LogP contribution in [-0.2, 0) is 22.5 Å². The number of hydrogen-bond donors (Lipinski definition) is 3. The van der Waals surface area contributed by atoms with Gasteiger partial charge in [-0.3, -0.25) is 4.79 Å². The Morgan fingerprint density at radius 3 is 2.34 bits per heavy atom. The maximum atomic E-state index is 12.7. The predicted molar refractivity (Wildman–Crippen MR) is 131 cm³/mol. The van der Waals surface area contributed by atoms with Crippen LogP contribution in [0, 0.1) is 5.92 Å². The number of urea groups is 1. The van der Waals surface area contributed by atoms with E-state index in [0.717, 1.165) is 24.0 Å². The Morgan fingerprint density at radius 2 is 1.66 bits per heavy atom. The highest BCUT2D eigenvalue weighted by atomic mass is 16.6. The molecule has 3 N–H and O–H groups in total. The van der Waals surface area contributed by atoms with E-state index in [4.69, 9.17) is 14.6 Å². The van der Waals surface area contributed by atoms with Gasteiger partial charge in [0.15, 0.2) is 0 Å². The van der Waals surface area contributed by atoms with Crippen LogP contribution in [0.5, 0.6) is 5.75 Å². The third-order valence-electron chi connectivity index (χ3n) is 6.61. The van der Waals surface area contributed by atoms with Crippen LogP contribution in [0.25, 0.3) is 0 Å². The number of hydrogen-bond acceptors (Lipinski definition) is 5. The van der Waals surface area contributed by atoms with Crippen LogP contribution in [0.3, 0.4) is 0 Å². The predicted octanol–water partition coefficient (Wildman–Crippen LogP) is 4.87. The lowest BCUT2D eigenvalue weighted by atomic mass is 9.85. The van der Waals surface area contributed by atoms with E-state index in [2.05, 4.69) is 10.6 Å². The molecule has 0 unspecified atom stereocenters. The molecule has 0 saturated heterocycles. The highest BCUT2D eigenvalue weighted by Gasteiger charge is 2.28. The van der Waals surface area contributed by atoms with Crippen molar-refractivity contribution in [1.29, 1.82) is 0 Å². The molecule has 1 fully saturated rings. The second kappa shape index (κ2) is 11.1. The van der Waals surface area contributed by atoms with Crippen molar-refractivity contribution in [2.75, 3.05) is 24.3 Å². The summed E-state index contributed by atoms with van der Waals surface area (Å²) < 4.78 is 10.8. The summed E-state index contributed by atoms with van der Waals surface area (Å²) in [6.45, 7) is 1.00. The number of amides is 3. The Morgan fingerprint density at radius 1 is 0.971 bits per heavy atom. The van der Waals surface area contributed by atoms with E-state index >= 15 is 0 Å². The first-order valence-electron chi connectivity index (χ1n) is 11.9. The summed E-state index contributed by atoms with van der Waals surface area (Å²) >= 11 is 0. The molecule has 9 nitrogen and oxygen atoms in total. The number of methoxy groups -OCH3 is 1. The monoisotopic (exact) mass is 481 g/mol. The Labute approximate surface area is 204 Å². The first kappa shape index (κ1) is 24.4. The Bertz CT molecular complexity index is 1060. The lowest BCUT2D eigenvalue weighted by molar-refractivity contribution is -0.138.